The summed E-state index contributed by atoms with van der Waals surface area (Å²) in [5.41, 5.74) is 0.864. The molecule has 0 aromatic heterocycles. The fraction of sp³-hybridized carbons (Fsp3) is 0.500. The summed E-state index contributed by atoms with van der Waals surface area (Å²) in [6.45, 7) is 5.17. The molecule has 0 radical (unpaired) electrons. The number of carboxylic acid groups (broad SMARTS) is 1. The number of anilines is 1. The van der Waals surface area contributed by atoms with Gasteiger partial charge >= 0.3 is 5.97 Å². The molecule has 3 nitrogen and oxygen atoms in total. The Hall–Kier alpha value is -1.22. The number of hydrogen-bond acceptors (Lipinski definition) is 2. The average Bonchev–Trinajstić information content (AvgIpc) is 2.27. The zero-order valence-electron chi connectivity index (χ0n) is 10.9. The van der Waals surface area contributed by atoms with Crippen molar-refractivity contribution in [3.8, 4) is 0 Å². The third kappa shape index (κ3) is 4.96. The van der Waals surface area contributed by atoms with Crippen LogP contribution in [-0.2, 0) is 0 Å². The van der Waals surface area contributed by atoms with Crippen molar-refractivity contribution in [1.29, 1.82) is 0 Å². The van der Waals surface area contributed by atoms with Crippen molar-refractivity contribution in [2.75, 3.05) is 11.9 Å². The van der Waals surface area contributed by atoms with Crippen molar-refractivity contribution in [1.82, 2.24) is 0 Å². The summed E-state index contributed by atoms with van der Waals surface area (Å²) in [5, 5.41) is 12.7. The molecule has 1 aromatic carbocycles. The van der Waals surface area contributed by atoms with Crippen LogP contribution in [0.25, 0.3) is 0 Å². The Morgan fingerprint density at radius 2 is 2.11 bits per heavy atom. The number of carbonyl (C=O) groups is 1. The maximum atomic E-state index is 11.0. The molecule has 0 atom stereocenters. The van der Waals surface area contributed by atoms with Gasteiger partial charge in [-0.05, 0) is 30.5 Å². The van der Waals surface area contributed by atoms with Gasteiger partial charge in [0.15, 0.2) is 0 Å². The highest BCUT2D eigenvalue weighted by molar-refractivity contribution is 6.31. The lowest BCUT2D eigenvalue weighted by molar-refractivity contribution is 0.0698. The van der Waals surface area contributed by atoms with Gasteiger partial charge in [0.25, 0.3) is 0 Å². The highest BCUT2D eigenvalue weighted by Gasteiger charge is 2.09. The van der Waals surface area contributed by atoms with Crippen LogP contribution in [0, 0.1) is 5.92 Å². The molecule has 2 N–H and O–H groups in total. The molecule has 0 spiro atoms. The molecule has 4 heteroatoms. The van der Waals surface area contributed by atoms with Gasteiger partial charge in [-0.25, -0.2) is 4.79 Å². The highest BCUT2D eigenvalue weighted by Crippen LogP contribution is 2.21. The molecule has 0 aliphatic carbocycles. The van der Waals surface area contributed by atoms with E-state index in [4.69, 9.17) is 16.7 Å². The Bertz CT molecular complexity index is 405. The molecule has 0 aliphatic rings. The Labute approximate surface area is 113 Å². The van der Waals surface area contributed by atoms with E-state index in [-0.39, 0.29) is 5.56 Å². The normalized spacial score (nSPS) is 10.7. The first-order valence-corrected chi connectivity index (χ1v) is 6.65. The number of halogens is 1. The molecule has 0 amide bonds. The summed E-state index contributed by atoms with van der Waals surface area (Å²) in [6, 6.07) is 4.78. The van der Waals surface area contributed by atoms with Crippen LogP contribution in [0.1, 0.15) is 43.5 Å². The van der Waals surface area contributed by atoms with Gasteiger partial charge in [-0.15, -0.1) is 0 Å². The zero-order valence-corrected chi connectivity index (χ0v) is 11.6. The van der Waals surface area contributed by atoms with E-state index in [9.17, 15) is 4.79 Å². The summed E-state index contributed by atoms with van der Waals surface area (Å²) in [5.74, 6) is -0.220. The second kappa shape index (κ2) is 7.27. The van der Waals surface area contributed by atoms with Crippen LogP contribution in [0.2, 0.25) is 5.02 Å². The summed E-state index contributed by atoms with van der Waals surface area (Å²) < 4.78 is 0. The number of unbranched alkanes of at least 4 members (excludes halogenated alkanes) is 1. The van der Waals surface area contributed by atoms with Gasteiger partial charge in [-0.3, -0.25) is 0 Å². The van der Waals surface area contributed by atoms with Crippen LogP contribution in [0.15, 0.2) is 18.2 Å². The number of hydrogen-bond donors (Lipinski definition) is 2. The minimum absolute atomic E-state index is 0.267. The van der Waals surface area contributed by atoms with E-state index in [0.29, 0.717) is 16.6 Å². The summed E-state index contributed by atoms with van der Waals surface area (Å²) in [6.07, 6.45) is 3.38. The van der Waals surface area contributed by atoms with Crippen molar-refractivity contribution in [3.63, 3.8) is 0 Å². The molecule has 0 aliphatic heterocycles. The second-order valence-electron chi connectivity index (χ2n) is 4.81. The molecule has 0 bridgehead atoms. The monoisotopic (exact) mass is 269 g/mol. The van der Waals surface area contributed by atoms with E-state index < -0.39 is 5.97 Å². The quantitative estimate of drug-likeness (QED) is 0.727. The predicted octanol–water partition coefficient (Wildman–Crippen LogP) is 4.28. The van der Waals surface area contributed by atoms with Gasteiger partial charge in [0.05, 0.1) is 11.3 Å². The van der Waals surface area contributed by atoms with Crippen LogP contribution < -0.4 is 5.32 Å². The van der Waals surface area contributed by atoms with Gasteiger partial charge < -0.3 is 10.4 Å². The Morgan fingerprint density at radius 1 is 1.39 bits per heavy atom. The van der Waals surface area contributed by atoms with Crippen molar-refractivity contribution >= 4 is 23.3 Å². The first-order chi connectivity index (χ1) is 8.50. The van der Waals surface area contributed by atoms with E-state index in [1.54, 1.807) is 12.1 Å². The van der Waals surface area contributed by atoms with E-state index in [0.717, 1.165) is 19.4 Å². The van der Waals surface area contributed by atoms with Gasteiger partial charge in [0, 0.05) is 11.6 Å². The van der Waals surface area contributed by atoms with Crippen LogP contribution >= 0.6 is 11.6 Å². The second-order valence-corrected chi connectivity index (χ2v) is 5.25. The zero-order chi connectivity index (χ0) is 13.5. The predicted molar refractivity (Wildman–Crippen MR) is 75.6 cm³/mol. The van der Waals surface area contributed by atoms with E-state index in [2.05, 4.69) is 19.2 Å². The average molecular weight is 270 g/mol. The summed E-state index contributed by atoms with van der Waals surface area (Å²) in [7, 11) is 0. The van der Waals surface area contributed by atoms with Crippen LogP contribution in [-0.4, -0.2) is 17.6 Å². The topological polar surface area (TPSA) is 49.3 Å². The van der Waals surface area contributed by atoms with Crippen molar-refractivity contribution in [2.45, 2.75) is 33.1 Å². The molecule has 0 fully saturated rings. The van der Waals surface area contributed by atoms with E-state index in [1.807, 2.05) is 0 Å². The molecule has 0 unspecified atom stereocenters. The number of aromatic carboxylic acids is 1. The lowest BCUT2D eigenvalue weighted by Crippen LogP contribution is -2.07. The minimum Gasteiger partial charge on any atom is -0.478 e. The smallest absolute Gasteiger partial charge is 0.337 e. The summed E-state index contributed by atoms with van der Waals surface area (Å²) in [4.78, 5) is 11.0. The molecule has 18 heavy (non-hydrogen) atoms. The minimum atomic E-state index is -0.934. The molecule has 0 saturated heterocycles. The van der Waals surface area contributed by atoms with Crippen LogP contribution in [0.5, 0.6) is 0 Å². The third-order valence-electron chi connectivity index (χ3n) is 2.74. The van der Waals surface area contributed by atoms with Gasteiger partial charge in [-0.1, -0.05) is 38.3 Å². The molecule has 1 rings (SSSR count). The van der Waals surface area contributed by atoms with E-state index in [1.165, 1.54) is 12.5 Å². The van der Waals surface area contributed by atoms with Crippen molar-refractivity contribution < 1.29 is 9.90 Å². The van der Waals surface area contributed by atoms with Gasteiger partial charge in [0.1, 0.15) is 0 Å². The lowest BCUT2D eigenvalue weighted by atomic mass is 10.1. The fourth-order valence-corrected chi connectivity index (χ4v) is 1.92. The van der Waals surface area contributed by atoms with Crippen LogP contribution in [0.3, 0.4) is 0 Å². The Morgan fingerprint density at radius 3 is 2.72 bits per heavy atom. The third-order valence-corrected chi connectivity index (χ3v) is 2.97. The lowest BCUT2D eigenvalue weighted by Gasteiger charge is -2.10. The molecular formula is C14H20ClNO2. The Balaban J connectivity index is 2.50. The molecule has 0 heterocycles. The van der Waals surface area contributed by atoms with Gasteiger partial charge in [-0.2, -0.15) is 0 Å². The first kappa shape index (κ1) is 14.8. The highest BCUT2D eigenvalue weighted by atomic mass is 35.5. The summed E-state index contributed by atoms with van der Waals surface area (Å²) >= 11 is 5.87. The fourth-order valence-electron chi connectivity index (χ4n) is 1.75. The number of rotatable bonds is 7. The first-order valence-electron chi connectivity index (χ1n) is 6.27. The Kier molecular flexibility index (Phi) is 5.99. The molecule has 0 saturated carbocycles. The standard InChI is InChI=1S/C14H20ClNO2/c1-10(2)5-3-4-8-16-13-9-11(15)6-7-12(13)14(17)18/h6-7,9-10,16H,3-5,8H2,1-2H3,(H,17,18). The maximum absolute atomic E-state index is 11.0. The van der Waals surface area contributed by atoms with E-state index >= 15 is 0 Å². The van der Waals surface area contributed by atoms with Crippen molar-refractivity contribution in [2.24, 2.45) is 5.92 Å². The van der Waals surface area contributed by atoms with Crippen molar-refractivity contribution in [3.05, 3.63) is 28.8 Å². The molecular weight excluding hydrogens is 250 g/mol. The SMILES string of the molecule is CC(C)CCCCNc1cc(Cl)ccc1C(=O)O. The van der Waals surface area contributed by atoms with Gasteiger partial charge in [0.2, 0.25) is 0 Å². The number of benzene rings is 1. The molecule has 1 aromatic rings. The molecule has 100 valence electrons. The number of nitrogens with one attached hydrogen (secondary N) is 1. The number of carboxylic acids is 1. The largest absolute Gasteiger partial charge is 0.478 e. The maximum Gasteiger partial charge on any atom is 0.337 e. The van der Waals surface area contributed by atoms with Crippen LogP contribution in [0.4, 0.5) is 5.69 Å².